The molecular weight excluding hydrogens is 264 g/mol. The summed E-state index contributed by atoms with van der Waals surface area (Å²) in [6.45, 7) is 2.19. The lowest BCUT2D eigenvalue weighted by atomic mass is 9.60. The molecule has 3 heteroatoms. The highest BCUT2D eigenvalue weighted by Gasteiger charge is 2.41. The first-order chi connectivity index (χ1) is 10.1. The Balaban J connectivity index is 2.11. The molecule has 110 valence electrons. The van der Waals surface area contributed by atoms with E-state index in [4.69, 9.17) is 4.74 Å². The summed E-state index contributed by atoms with van der Waals surface area (Å²) in [5.41, 5.74) is 4.41. The quantitative estimate of drug-likeness (QED) is 0.782. The van der Waals surface area contributed by atoms with Crippen molar-refractivity contribution in [1.82, 2.24) is 0 Å². The zero-order chi connectivity index (χ0) is 15.0. The van der Waals surface area contributed by atoms with E-state index >= 15 is 0 Å². The van der Waals surface area contributed by atoms with Gasteiger partial charge in [0.05, 0.1) is 12.7 Å². The Kier molecular flexibility index (Phi) is 3.44. The van der Waals surface area contributed by atoms with Crippen LogP contribution in [0.4, 0.5) is 0 Å². The molecule has 0 spiro atoms. The summed E-state index contributed by atoms with van der Waals surface area (Å²) in [6.07, 6.45) is 6.17. The van der Waals surface area contributed by atoms with E-state index < -0.39 is 0 Å². The molecule has 2 aliphatic carbocycles. The molecule has 0 radical (unpaired) electrons. The molecule has 1 aromatic rings. The molecule has 0 bridgehead atoms. The summed E-state index contributed by atoms with van der Waals surface area (Å²) in [7, 11) is 1.41. The zero-order valence-electron chi connectivity index (χ0n) is 12.6. The molecule has 0 saturated carbocycles. The van der Waals surface area contributed by atoms with Crippen LogP contribution in [0.15, 0.2) is 29.8 Å². The van der Waals surface area contributed by atoms with E-state index in [1.807, 2.05) is 18.2 Å². The number of aryl methyl sites for hydroxylation is 1. The van der Waals surface area contributed by atoms with E-state index in [1.54, 1.807) is 0 Å². The fourth-order valence-electron chi connectivity index (χ4n) is 3.90. The molecule has 0 fully saturated rings. The van der Waals surface area contributed by atoms with Crippen LogP contribution in [0.3, 0.4) is 0 Å². The van der Waals surface area contributed by atoms with Gasteiger partial charge in [-0.3, -0.25) is 4.79 Å². The summed E-state index contributed by atoms with van der Waals surface area (Å²) < 4.78 is 4.80. The zero-order valence-corrected chi connectivity index (χ0v) is 12.6. The molecule has 0 unspecified atom stereocenters. The van der Waals surface area contributed by atoms with Gasteiger partial charge in [-0.25, -0.2) is 4.79 Å². The van der Waals surface area contributed by atoms with Gasteiger partial charge >= 0.3 is 5.97 Å². The van der Waals surface area contributed by atoms with Crippen LogP contribution in [0, 0.1) is 0 Å². The number of ketones is 1. The highest BCUT2D eigenvalue weighted by Crippen LogP contribution is 2.49. The maximum atomic E-state index is 11.7. The van der Waals surface area contributed by atoms with Crippen molar-refractivity contribution in [1.29, 1.82) is 0 Å². The Morgan fingerprint density at radius 2 is 2.10 bits per heavy atom. The van der Waals surface area contributed by atoms with Crippen molar-refractivity contribution < 1.29 is 14.3 Å². The van der Waals surface area contributed by atoms with E-state index in [2.05, 4.69) is 13.0 Å². The first-order valence-corrected chi connectivity index (χ1v) is 7.56. The summed E-state index contributed by atoms with van der Waals surface area (Å²) in [5, 5.41) is 0. The molecule has 21 heavy (non-hydrogen) atoms. The van der Waals surface area contributed by atoms with Gasteiger partial charge < -0.3 is 4.74 Å². The van der Waals surface area contributed by atoms with E-state index in [-0.39, 0.29) is 17.2 Å². The number of carbonyl (C=O) groups is 2. The molecule has 2 aliphatic rings. The minimum atomic E-state index is -0.288. The second kappa shape index (κ2) is 5.14. The van der Waals surface area contributed by atoms with Gasteiger partial charge in [0.15, 0.2) is 5.78 Å². The number of esters is 1. The molecule has 3 nitrogen and oxygen atoms in total. The summed E-state index contributed by atoms with van der Waals surface area (Å²) in [5.74, 6) is -0.0350. The molecule has 3 rings (SSSR count). The summed E-state index contributed by atoms with van der Waals surface area (Å²) in [4.78, 5) is 23.4. The van der Waals surface area contributed by atoms with Crippen LogP contribution in [0.1, 0.15) is 54.1 Å². The third kappa shape index (κ3) is 2.11. The van der Waals surface area contributed by atoms with Crippen LogP contribution in [-0.2, 0) is 21.4 Å². The average molecular weight is 284 g/mol. The third-order valence-corrected chi connectivity index (χ3v) is 5.06. The number of hydrogen-bond acceptors (Lipinski definition) is 3. The maximum absolute atomic E-state index is 11.7. The second-order valence-electron chi connectivity index (χ2n) is 5.94. The summed E-state index contributed by atoms with van der Waals surface area (Å²) >= 11 is 0. The van der Waals surface area contributed by atoms with Gasteiger partial charge in [-0.15, -0.1) is 0 Å². The number of ether oxygens (including phenoxy) is 1. The van der Waals surface area contributed by atoms with Crippen LogP contribution >= 0.6 is 0 Å². The SMILES string of the molecule is CC[C@]12CCC(=O)C=C1CCc1cc(C(=O)OC)ccc12. The van der Waals surface area contributed by atoms with Crippen LogP contribution in [0.5, 0.6) is 0 Å². The largest absolute Gasteiger partial charge is 0.465 e. The smallest absolute Gasteiger partial charge is 0.337 e. The highest BCUT2D eigenvalue weighted by atomic mass is 16.5. The predicted molar refractivity (Wildman–Crippen MR) is 80.4 cm³/mol. The number of fused-ring (bicyclic) bond motifs is 3. The molecule has 0 heterocycles. The number of rotatable bonds is 2. The Labute approximate surface area is 125 Å². The fourth-order valence-corrected chi connectivity index (χ4v) is 3.90. The minimum Gasteiger partial charge on any atom is -0.465 e. The van der Waals surface area contributed by atoms with Gasteiger partial charge in [-0.05, 0) is 55.0 Å². The monoisotopic (exact) mass is 284 g/mol. The Morgan fingerprint density at radius 3 is 2.81 bits per heavy atom. The van der Waals surface area contributed by atoms with Crippen LogP contribution in [0.25, 0.3) is 0 Å². The predicted octanol–water partition coefficient (Wildman–Crippen LogP) is 3.36. The topological polar surface area (TPSA) is 43.4 Å². The number of methoxy groups -OCH3 is 1. The molecule has 0 N–H and O–H groups in total. The highest BCUT2D eigenvalue weighted by molar-refractivity contribution is 5.93. The van der Waals surface area contributed by atoms with Crippen molar-refractivity contribution in [2.75, 3.05) is 7.11 Å². The van der Waals surface area contributed by atoms with Gasteiger partial charge in [0, 0.05) is 11.8 Å². The fraction of sp³-hybridized carbons (Fsp3) is 0.444. The number of benzene rings is 1. The van der Waals surface area contributed by atoms with Gasteiger partial charge in [0.25, 0.3) is 0 Å². The van der Waals surface area contributed by atoms with Crippen molar-refractivity contribution in [2.24, 2.45) is 0 Å². The van der Waals surface area contributed by atoms with E-state index in [1.165, 1.54) is 23.8 Å². The molecule has 1 atom stereocenters. The van der Waals surface area contributed by atoms with Gasteiger partial charge in [0.2, 0.25) is 0 Å². The van der Waals surface area contributed by atoms with Gasteiger partial charge in [0.1, 0.15) is 0 Å². The normalized spacial score (nSPS) is 23.9. The van der Waals surface area contributed by atoms with Crippen molar-refractivity contribution in [3.05, 3.63) is 46.5 Å². The van der Waals surface area contributed by atoms with Crippen molar-refractivity contribution >= 4 is 11.8 Å². The van der Waals surface area contributed by atoms with E-state index in [9.17, 15) is 9.59 Å². The number of hydrogen-bond donors (Lipinski definition) is 0. The first-order valence-electron chi connectivity index (χ1n) is 7.56. The van der Waals surface area contributed by atoms with Gasteiger partial charge in [-0.2, -0.15) is 0 Å². The van der Waals surface area contributed by atoms with E-state index in [0.717, 1.165) is 25.7 Å². The van der Waals surface area contributed by atoms with Crippen molar-refractivity contribution in [2.45, 2.75) is 44.4 Å². The lowest BCUT2D eigenvalue weighted by Gasteiger charge is -2.43. The Bertz CT molecular complexity index is 642. The Morgan fingerprint density at radius 1 is 1.29 bits per heavy atom. The second-order valence-corrected chi connectivity index (χ2v) is 5.94. The first kappa shape index (κ1) is 14.1. The molecule has 0 aliphatic heterocycles. The molecule has 1 aromatic carbocycles. The summed E-state index contributed by atoms with van der Waals surface area (Å²) in [6, 6.07) is 5.88. The molecular formula is C18H20O3. The maximum Gasteiger partial charge on any atom is 0.337 e. The van der Waals surface area contributed by atoms with Crippen LogP contribution in [0.2, 0.25) is 0 Å². The van der Waals surface area contributed by atoms with Crippen LogP contribution in [-0.4, -0.2) is 18.9 Å². The van der Waals surface area contributed by atoms with Crippen molar-refractivity contribution in [3.8, 4) is 0 Å². The molecule has 0 amide bonds. The van der Waals surface area contributed by atoms with Crippen LogP contribution < -0.4 is 0 Å². The Hall–Kier alpha value is -1.90. The third-order valence-electron chi connectivity index (χ3n) is 5.06. The lowest BCUT2D eigenvalue weighted by Crippen LogP contribution is -2.36. The standard InChI is InChI=1S/C18H20O3/c1-3-18-9-8-15(19)11-14(18)6-4-12-10-13(17(20)21-2)5-7-16(12)18/h5,7,10-11H,3-4,6,8-9H2,1-2H3/t18-/m0/s1. The average Bonchev–Trinajstić information content (AvgIpc) is 2.53. The molecule has 0 aromatic heterocycles. The lowest BCUT2D eigenvalue weighted by molar-refractivity contribution is -0.115. The minimum absolute atomic E-state index is 0.00383. The number of carbonyl (C=O) groups excluding carboxylic acids is 2. The van der Waals surface area contributed by atoms with Crippen molar-refractivity contribution in [3.63, 3.8) is 0 Å². The van der Waals surface area contributed by atoms with Gasteiger partial charge in [-0.1, -0.05) is 18.6 Å². The number of allylic oxidation sites excluding steroid dienone is 2. The molecule has 0 saturated heterocycles. The van der Waals surface area contributed by atoms with E-state index in [0.29, 0.717) is 12.0 Å².